The van der Waals surface area contributed by atoms with Crippen LogP contribution in [-0.2, 0) is 6.54 Å². The maximum absolute atomic E-state index is 10.1. The number of benzene rings is 1. The van der Waals surface area contributed by atoms with Gasteiger partial charge in [0, 0.05) is 57.2 Å². The van der Waals surface area contributed by atoms with Crippen molar-refractivity contribution in [2.45, 2.75) is 114 Å². The van der Waals surface area contributed by atoms with Crippen LogP contribution in [-0.4, -0.2) is 82.9 Å². The molecule has 0 aromatic heterocycles. The van der Waals surface area contributed by atoms with E-state index in [0.717, 1.165) is 75.5 Å². The second kappa shape index (κ2) is 22.5. The number of nitrogens with one attached hydrogen (secondary N) is 2. The van der Waals surface area contributed by atoms with Crippen molar-refractivity contribution >= 4 is 0 Å². The summed E-state index contributed by atoms with van der Waals surface area (Å²) in [7, 11) is 0. The Morgan fingerprint density at radius 1 is 1.04 bits per heavy atom. The monoisotopic (exact) mass is 652 g/mol. The second-order valence-electron chi connectivity index (χ2n) is 13.0. The highest BCUT2D eigenvalue weighted by atomic mass is 16.3. The zero-order valence-electron chi connectivity index (χ0n) is 31.7. The zero-order valence-corrected chi connectivity index (χ0v) is 31.7. The molecule has 0 amide bonds. The Labute approximate surface area is 288 Å². The van der Waals surface area contributed by atoms with Crippen LogP contribution in [0.2, 0.25) is 0 Å². The average Bonchev–Trinajstić information content (AvgIpc) is 3.05. The van der Waals surface area contributed by atoms with Crippen molar-refractivity contribution in [3.63, 3.8) is 0 Å². The lowest BCUT2D eigenvalue weighted by Gasteiger charge is -2.40. The Kier molecular flexibility index (Phi) is 20.2. The standard InChI is InChI=1S/C35H59N5O2.C5H10/c1-10-18-38(25-31(12-3)13-4)19-16-28(7)39-20-17-36-35(26(5)11-2)40(22-21-39)24-27(6)30(9)37-23-32-14-15-33(41)34(42)29(32)8;1-4-5(2)3/h11-12,14-15,24,28,35-37,41-42H,9-10,13,16-23,25H2,1-8H3;2,4H2,1,3H3/b26-11-,27-24+,31-12+;. The summed E-state index contributed by atoms with van der Waals surface area (Å²) in [5.74, 6) is -0.161. The molecule has 0 radical (unpaired) electrons. The normalized spacial score (nSPS) is 17.5. The number of aromatic hydroxyl groups is 2. The van der Waals surface area contributed by atoms with Gasteiger partial charge in [-0.25, -0.2) is 0 Å². The van der Waals surface area contributed by atoms with Gasteiger partial charge in [0.2, 0.25) is 0 Å². The van der Waals surface area contributed by atoms with E-state index in [2.05, 4.69) is 112 Å². The van der Waals surface area contributed by atoms with Crippen LogP contribution in [0, 0.1) is 6.92 Å². The molecular formula is C40H69N5O2. The Morgan fingerprint density at radius 3 is 2.30 bits per heavy atom. The fourth-order valence-electron chi connectivity index (χ4n) is 5.53. The first-order valence-electron chi connectivity index (χ1n) is 17.8. The minimum Gasteiger partial charge on any atom is -0.504 e. The summed E-state index contributed by atoms with van der Waals surface area (Å²) in [6.07, 6.45) is 11.4. The molecule has 4 N–H and O–H groups in total. The van der Waals surface area contributed by atoms with Gasteiger partial charge in [0.1, 0.15) is 6.17 Å². The summed E-state index contributed by atoms with van der Waals surface area (Å²) in [5.41, 5.74) is 7.60. The molecule has 1 fully saturated rings. The fraction of sp³-hybridized carbons (Fsp3) is 0.600. The van der Waals surface area contributed by atoms with E-state index in [1.54, 1.807) is 0 Å². The summed E-state index contributed by atoms with van der Waals surface area (Å²) in [6, 6.07) is 3.87. The van der Waals surface area contributed by atoms with E-state index >= 15 is 0 Å². The molecule has 2 unspecified atom stereocenters. The molecule has 0 saturated carbocycles. The van der Waals surface area contributed by atoms with Gasteiger partial charge in [-0.2, -0.15) is 0 Å². The zero-order chi connectivity index (χ0) is 35.5. The molecule has 1 aromatic rings. The Hall–Kier alpha value is -3.00. The third-order valence-corrected chi connectivity index (χ3v) is 9.37. The molecule has 0 spiro atoms. The van der Waals surface area contributed by atoms with Gasteiger partial charge >= 0.3 is 0 Å². The van der Waals surface area contributed by atoms with Crippen molar-refractivity contribution in [1.82, 2.24) is 25.3 Å². The van der Waals surface area contributed by atoms with Crippen molar-refractivity contribution in [2.75, 3.05) is 45.8 Å². The molecule has 1 aliphatic heterocycles. The average molecular weight is 652 g/mol. The van der Waals surface area contributed by atoms with E-state index in [4.69, 9.17) is 0 Å². The van der Waals surface area contributed by atoms with Crippen LogP contribution in [0.15, 0.2) is 71.6 Å². The highest BCUT2D eigenvalue weighted by Crippen LogP contribution is 2.30. The number of allylic oxidation sites excluding steroid dienone is 4. The third kappa shape index (κ3) is 14.8. The lowest BCUT2D eigenvalue weighted by atomic mass is 10.1. The van der Waals surface area contributed by atoms with Crippen LogP contribution >= 0.6 is 0 Å². The summed E-state index contributed by atoms with van der Waals surface area (Å²) in [4.78, 5) is 7.68. The molecular weight excluding hydrogens is 582 g/mol. The smallest absolute Gasteiger partial charge is 0.160 e. The lowest BCUT2D eigenvalue weighted by molar-refractivity contribution is 0.128. The van der Waals surface area contributed by atoms with Gasteiger partial charge in [-0.15, -0.1) is 6.58 Å². The van der Waals surface area contributed by atoms with Crippen molar-refractivity contribution in [1.29, 1.82) is 0 Å². The summed E-state index contributed by atoms with van der Waals surface area (Å²) in [6.45, 7) is 37.2. The number of rotatable bonds is 16. The van der Waals surface area contributed by atoms with Crippen molar-refractivity contribution in [2.24, 2.45) is 0 Å². The van der Waals surface area contributed by atoms with Crippen LogP contribution in [0.3, 0.4) is 0 Å². The van der Waals surface area contributed by atoms with Gasteiger partial charge in [0.25, 0.3) is 0 Å². The molecule has 2 rings (SSSR count). The van der Waals surface area contributed by atoms with Crippen LogP contribution in [0.1, 0.15) is 99.1 Å². The molecule has 1 heterocycles. The quantitative estimate of drug-likeness (QED) is 0.0815. The first-order chi connectivity index (χ1) is 22.3. The fourth-order valence-corrected chi connectivity index (χ4v) is 5.53. The van der Waals surface area contributed by atoms with Gasteiger partial charge in [-0.3, -0.25) is 15.1 Å². The number of phenolic OH excluding ortho intramolecular Hbond substituents is 2. The Bertz CT molecular complexity index is 1200. The molecule has 0 bridgehead atoms. The molecule has 1 aliphatic rings. The maximum atomic E-state index is 10.1. The van der Waals surface area contributed by atoms with E-state index in [1.807, 2.05) is 19.9 Å². The second-order valence-corrected chi connectivity index (χ2v) is 13.0. The van der Waals surface area contributed by atoms with Crippen LogP contribution in [0.4, 0.5) is 0 Å². The predicted octanol–water partition coefficient (Wildman–Crippen LogP) is 8.23. The number of hydrogen-bond donors (Lipinski definition) is 4. The minimum absolute atomic E-state index is 0.0658. The molecule has 7 heteroatoms. The first kappa shape index (κ1) is 42.0. The van der Waals surface area contributed by atoms with E-state index in [0.29, 0.717) is 18.2 Å². The van der Waals surface area contributed by atoms with E-state index in [9.17, 15) is 10.2 Å². The number of nitrogens with zero attached hydrogens (tertiary/aromatic N) is 3. The third-order valence-electron chi connectivity index (χ3n) is 9.37. The largest absolute Gasteiger partial charge is 0.504 e. The molecule has 1 saturated heterocycles. The van der Waals surface area contributed by atoms with Crippen LogP contribution in [0.25, 0.3) is 0 Å². The molecule has 266 valence electrons. The van der Waals surface area contributed by atoms with Crippen LogP contribution in [0.5, 0.6) is 11.5 Å². The topological polar surface area (TPSA) is 74.2 Å². The van der Waals surface area contributed by atoms with Gasteiger partial charge < -0.3 is 20.4 Å². The number of phenols is 2. The Morgan fingerprint density at radius 2 is 1.72 bits per heavy atom. The highest BCUT2D eigenvalue weighted by molar-refractivity contribution is 5.48. The number of hydrogen-bond acceptors (Lipinski definition) is 7. The predicted molar refractivity (Wildman–Crippen MR) is 204 cm³/mol. The molecule has 0 aliphatic carbocycles. The molecule has 2 atom stereocenters. The highest BCUT2D eigenvalue weighted by Gasteiger charge is 2.24. The maximum Gasteiger partial charge on any atom is 0.160 e. The molecule has 47 heavy (non-hydrogen) atoms. The van der Waals surface area contributed by atoms with E-state index in [1.165, 1.54) is 35.6 Å². The van der Waals surface area contributed by atoms with Crippen molar-refractivity contribution < 1.29 is 10.2 Å². The summed E-state index contributed by atoms with van der Waals surface area (Å²) in [5, 5.41) is 27.1. The van der Waals surface area contributed by atoms with E-state index < -0.39 is 0 Å². The van der Waals surface area contributed by atoms with Gasteiger partial charge in [-0.05, 0) is 116 Å². The van der Waals surface area contributed by atoms with Gasteiger partial charge in [0.15, 0.2) is 11.5 Å². The summed E-state index contributed by atoms with van der Waals surface area (Å²) < 4.78 is 0. The SMILES string of the molecule is C=C(C)CC.C=C(NCc1ccc(O)c(O)c1C)/C(C)=C/N1CCN(C(C)CCN(CCC)C/C(=C/C)CC)CCNC1/C(C)=C\C. The van der Waals surface area contributed by atoms with Crippen molar-refractivity contribution in [3.05, 3.63) is 82.8 Å². The molecule has 1 aromatic carbocycles. The minimum atomic E-state index is -0.0953. The summed E-state index contributed by atoms with van der Waals surface area (Å²) >= 11 is 0. The first-order valence-corrected chi connectivity index (χ1v) is 17.8. The van der Waals surface area contributed by atoms with E-state index in [-0.39, 0.29) is 17.7 Å². The van der Waals surface area contributed by atoms with Gasteiger partial charge in [-0.1, -0.05) is 56.7 Å². The van der Waals surface area contributed by atoms with Crippen molar-refractivity contribution in [3.8, 4) is 11.5 Å². The van der Waals surface area contributed by atoms with Gasteiger partial charge in [0.05, 0.1) is 0 Å². The Balaban J connectivity index is 0.00000204. The molecule has 7 nitrogen and oxygen atoms in total. The van der Waals surface area contributed by atoms with Crippen LogP contribution < -0.4 is 10.6 Å². The lowest BCUT2D eigenvalue weighted by Crippen LogP contribution is -2.53.